The second-order valence-corrected chi connectivity index (χ2v) is 6.81. The quantitative estimate of drug-likeness (QED) is 0.696. The lowest BCUT2D eigenvalue weighted by Crippen LogP contribution is -2.37. The normalized spacial score (nSPS) is 15.6. The van der Waals surface area contributed by atoms with Crippen molar-refractivity contribution in [1.82, 2.24) is 9.80 Å². The molecular formula is C20H30N2O4. The minimum atomic E-state index is -0.200. The van der Waals surface area contributed by atoms with E-state index in [-0.39, 0.29) is 18.0 Å². The van der Waals surface area contributed by atoms with Crippen molar-refractivity contribution in [1.29, 1.82) is 0 Å². The SMILES string of the molecule is CCOC(=O)CN1CCCN(C(=O)Cc2cccc(OC(C)C)c2)CC1. The van der Waals surface area contributed by atoms with Gasteiger partial charge in [0, 0.05) is 26.2 Å². The number of amides is 1. The van der Waals surface area contributed by atoms with Crippen molar-refractivity contribution in [3.63, 3.8) is 0 Å². The third-order valence-corrected chi connectivity index (χ3v) is 4.22. The molecule has 0 radical (unpaired) electrons. The van der Waals surface area contributed by atoms with Crippen molar-refractivity contribution >= 4 is 11.9 Å². The summed E-state index contributed by atoms with van der Waals surface area (Å²) in [6, 6.07) is 7.72. The van der Waals surface area contributed by atoms with Crippen molar-refractivity contribution in [2.75, 3.05) is 39.3 Å². The minimum absolute atomic E-state index is 0.108. The molecule has 6 heteroatoms. The van der Waals surface area contributed by atoms with Crippen LogP contribution in [0.3, 0.4) is 0 Å². The first-order valence-corrected chi connectivity index (χ1v) is 9.39. The summed E-state index contributed by atoms with van der Waals surface area (Å²) in [6.07, 6.45) is 1.34. The van der Waals surface area contributed by atoms with Gasteiger partial charge in [0.1, 0.15) is 5.75 Å². The third-order valence-electron chi connectivity index (χ3n) is 4.22. The van der Waals surface area contributed by atoms with E-state index in [1.165, 1.54) is 0 Å². The standard InChI is InChI=1S/C20H30N2O4/c1-4-25-20(24)15-21-9-6-10-22(12-11-21)19(23)14-17-7-5-8-18(13-17)26-16(2)3/h5,7-8,13,16H,4,6,9-12,14-15H2,1-3H3. The van der Waals surface area contributed by atoms with Gasteiger partial charge in [0.25, 0.3) is 0 Å². The fourth-order valence-corrected chi connectivity index (χ4v) is 3.05. The van der Waals surface area contributed by atoms with Crippen LogP contribution in [-0.2, 0) is 20.7 Å². The highest BCUT2D eigenvalue weighted by Crippen LogP contribution is 2.16. The molecular weight excluding hydrogens is 332 g/mol. The van der Waals surface area contributed by atoms with Crippen molar-refractivity contribution in [3.8, 4) is 5.75 Å². The zero-order valence-electron chi connectivity index (χ0n) is 16.1. The summed E-state index contributed by atoms with van der Waals surface area (Å²) in [5, 5.41) is 0. The Bertz CT molecular complexity index is 603. The van der Waals surface area contributed by atoms with Gasteiger partial charge in [-0.25, -0.2) is 0 Å². The van der Waals surface area contributed by atoms with E-state index in [4.69, 9.17) is 9.47 Å². The van der Waals surface area contributed by atoms with Gasteiger partial charge in [-0.2, -0.15) is 0 Å². The average Bonchev–Trinajstić information content (AvgIpc) is 2.80. The third kappa shape index (κ3) is 6.67. The second-order valence-electron chi connectivity index (χ2n) is 6.81. The Balaban J connectivity index is 1.87. The lowest BCUT2D eigenvalue weighted by atomic mass is 10.1. The molecule has 26 heavy (non-hydrogen) atoms. The van der Waals surface area contributed by atoms with Crippen LogP contribution in [0.5, 0.6) is 5.75 Å². The Morgan fingerprint density at radius 1 is 1.15 bits per heavy atom. The molecule has 1 saturated heterocycles. The van der Waals surface area contributed by atoms with Gasteiger partial charge in [-0.1, -0.05) is 12.1 Å². The van der Waals surface area contributed by atoms with Gasteiger partial charge in [0.15, 0.2) is 0 Å². The summed E-state index contributed by atoms with van der Waals surface area (Å²) in [5.74, 6) is 0.709. The first kappa shape index (κ1) is 20.2. The van der Waals surface area contributed by atoms with Crippen LogP contribution in [0.25, 0.3) is 0 Å². The molecule has 0 atom stereocenters. The lowest BCUT2D eigenvalue weighted by molar-refractivity contribution is -0.144. The first-order valence-electron chi connectivity index (χ1n) is 9.39. The molecule has 0 N–H and O–H groups in total. The number of carbonyl (C=O) groups excluding carboxylic acids is 2. The van der Waals surface area contributed by atoms with Crippen molar-refractivity contribution in [2.45, 2.75) is 39.7 Å². The number of ether oxygens (including phenoxy) is 2. The van der Waals surface area contributed by atoms with Gasteiger partial charge in [-0.05, 0) is 44.9 Å². The van der Waals surface area contributed by atoms with Crippen LogP contribution in [0.4, 0.5) is 0 Å². The summed E-state index contributed by atoms with van der Waals surface area (Å²) in [7, 11) is 0. The summed E-state index contributed by atoms with van der Waals surface area (Å²) >= 11 is 0. The van der Waals surface area contributed by atoms with Gasteiger partial charge in [0.2, 0.25) is 5.91 Å². The van der Waals surface area contributed by atoms with Gasteiger partial charge < -0.3 is 14.4 Å². The van der Waals surface area contributed by atoms with Gasteiger partial charge >= 0.3 is 5.97 Å². The monoisotopic (exact) mass is 362 g/mol. The number of nitrogens with zero attached hydrogens (tertiary/aromatic N) is 2. The first-order chi connectivity index (χ1) is 12.5. The van der Waals surface area contributed by atoms with E-state index in [1.807, 2.05) is 49.9 Å². The Kier molecular flexibility index (Phi) is 7.91. The van der Waals surface area contributed by atoms with Crippen LogP contribution in [0.15, 0.2) is 24.3 Å². The van der Waals surface area contributed by atoms with Crippen LogP contribution in [0.1, 0.15) is 32.8 Å². The predicted octanol–water partition coefficient (Wildman–Crippen LogP) is 2.11. The Morgan fingerprint density at radius 3 is 2.69 bits per heavy atom. The number of hydrogen-bond acceptors (Lipinski definition) is 5. The number of carbonyl (C=O) groups is 2. The lowest BCUT2D eigenvalue weighted by Gasteiger charge is -2.21. The topological polar surface area (TPSA) is 59.1 Å². The number of benzene rings is 1. The van der Waals surface area contributed by atoms with Gasteiger partial charge in [-0.15, -0.1) is 0 Å². The van der Waals surface area contributed by atoms with Crippen molar-refractivity contribution < 1.29 is 19.1 Å². The molecule has 0 aliphatic carbocycles. The molecule has 2 rings (SSSR count). The van der Waals surface area contributed by atoms with E-state index in [1.54, 1.807) is 0 Å². The Hall–Kier alpha value is -2.08. The molecule has 0 spiro atoms. The molecule has 1 aliphatic rings. The molecule has 1 aromatic carbocycles. The van der Waals surface area contributed by atoms with Crippen LogP contribution in [-0.4, -0.2) is 67.1 Å². The fraction of sp³-hybridized carbons (Fsp3) is 0.600. The molecule has 1 amide bonds. The van der Waals surface area contributed by atoms with Gasteiger partial charge in [-0.3, -0.25) is 14.5 Å². The largest absolute Gasteiger partial charge is 0.491 e. The maximum absolute atomic E-state index is 12.7. The molecule has 1 heterocycles. The van der Waals surface area contributed by atoms with Crippen molar-refractivity contribution in [2.24, 2.45) is 0 Å². The summed E-state index contributed by atoms with van der Waals surface area (Å²) in [6.45, 7) is 9.33. The molecule has 0 unspecified atom stereocenters. The molecule has 6 nitrogen and oxygen atoms in total. The molecule has 1 fully saturated rings. The predicted molar refractivity (Wildman–Crippen MR) is 100 cm³/mol. The molecule has 1 aromatic rings. The number of esters is 1. The molecule has 144 valence electrons. The number of rotatable bonds is 7. The average molecular weight is 362 g/mol. The van der Waals surface area contributed by atoms with E-state index < -0.39 is 0 Å². The maximum atomic E-state index is 12.7. The Labute approximate surface area is 156 Å². The van der Waals surface area contributed by atoms with E-state index >= 15 is 0 Å². The minimum Gasteiger partial charge on any atom is -0.491 e. The van der Waals surface area contributed by atoms with Crippen LogP contribution in [0.2, 0.25) is 0 Å². The van der Waals surface area contributed by atoms with Gasteiger partial charge in [0.05, 0.1) is 25.7 Å². The fourth-order valence-electron chi connectivity index (χ4n) is 3.05. The molecule has 0 bridgehead atoms. The highest BCUT2D eigenvalue weighted by Gasteiger charge is 2.21. The Morgan fingerprint density at radius 2 is 1.96 bits per heavy atom. The molecule has 1 aliphatic heterocycles. The van der Waals surface area contributed by atoms with E-state index in [2.05, 4.69) is 4.90 Å². The molecule has 0 aromatic heterocycles. The maximum Gasteiger partial charge on any atom is 0.320 e. The van der Waals surface area contributed by atoms with E-state index in [0.717, 1.165) is 30.8 Å². The molecule has 0 saturated carbocycles. The van der Waals surface area contributed by atoms with Crippen LogP contribution < -0.4 is 4.74 Å². The van der Waals surface area contributed by atoms with Crippen LogP contribution >= 0.6 is 0 Å². The highest BCUT2D eigenvalue weighted by atomic mass is 16.5. The highest BCUT2D eigenvalue weighted by molar-refractivity contribution is 5.79. The van der Waals surface area contributed by atoms with Crippen LogP contribution in [0, 0.1) is 0 Å². The number of hydrogen-bond donors (Lipinski definition) is 0. The summed E-state index contributed by atoms with van der Waals surface area (Å²) in [5.41, 5.74) is 0.959. The second kappa shape index (κ2) is 10.2. The summed E-state index contributed by atoms with van der Waals surface area (Å²) in [4.78, 5) is 28.2. The van der Waals surface area contributed by atoms with Crippen molar-refractivity contribution in [3.05, 3.63) is 29.8 Å². The van der Waals surface area contributed by atoms with E-state index in [0.29, 0.717) is 32.7 Å². The zero-order chi connectivity index (χ0) is 18.9. The zero-order valence-corrected chi connectivity index (χ0v) is 16.1. The summed E-state index contributed by atoms with van der Waals surface area (Å²) < 4.78 is 10.7. The smallest absolute Gasteiger partial charge is 0.320 e. The van der Waals surface area contributed by atoms with E-state index in [9.17, 15) is 9.59 Å².